The molecule has 1 aromatic rings. The van der Waals surface area contributed by atoms with Gasteiger partial charge in [-0.2, -0.15) is 0 Å². The molecule has 0 fully saturated rings. The van der Waals surface area contributed by atoms with E-state index in [2.05, 4.69) is 0 Å². The van der Waals surface area contributed by atoms with E-state index in [1.807, 2.05) is 0 Å². The number of hydrogen-bond donors (Lipinski definition) is 0. The molecule has 15 heavy (non-hydrogen) atoms. The zero-order valence-electron chi connectivity index (χ0n) is 7.98. The van der Waals surface area contributed by atoms with Crippen molar-refractivity contribution in [1.29, 1.82) is 0 Å². The van der Waals surface area contributed by atoms with Crippen molar-refractivity contribution >= 4 is 12.0 Å². The lowest BCUT2D eigenvalue weighted by molar-refractivity contribution is -0.385. The Morgan fingerprint density at radius 3 is 2.73 bits per heavy atom. The van der Waals surface area contributed by atoms with Crippen LogP contribution >= 0.6 is 0 Å². The van der Waals surface area contributed by atoms with Crippen molar-refractivity contribution in [2.45, 2.75) is 19.3 Å². The van der Waals surface area contributed by atoms with Crippen LogP contribution in [0.4, 0.5) is 10.1 Å². The van der Waals surface area contributed by atoms with Crippen molar-refractivity contribution in [1.82, 2.24) is 0 Å². The van der Waals surface area contributed by atoms with Gasteiger partial charge in [0.15, 0.2) is 0 Å². The number of carbonyl (C=O) groups excluding carboxylic acids is 1. The van der Waals surface area contributed by atoms with Gasteiger partial charge in [-0.15, -0.1) is 0 Å². The number of non-ortho nitro benzene ring substituents is 1. The molecule has 0 atom stereocenters. The second-order valence-corrected chi connectivity index (χ2v) is 3.09. The molecular weight excluding hydrogens is 201 g/mol. The van der Waals surface area contributed by atoms with E-state index in [4.69, 9.17) is 0 Å². The lowest BCUT2D eigenvalue weighted by Crippen LogP contribution is -1.94. The Hall–Kier alpha value is -1.78. The number of benzene rings is 1. The molecule has 0 bridgehead atoms. The summed E-state index contributed by atoms with van der Waals surface area (Å²) in [6, 6.07) is 3.55. The monoisotopic (exact) mass is 211 g/mol. The lowest BCUT2D eigenvalue weighted by atomic mass is 10.1. The molecule has 0 saturated carbocycles. The molecule has 0 aliphatic rings. The van der Waals surface area contributed by atoms with Crippen LogP contribution in [0.25, 0.3) is 0 Å². The quantitative estimate of drug-likeness (QED) is 0.325. The molecule has 80 valence electrons. The summed E-state index contributed by atoms with van der Waals surface area (Å²) >= 11 is 0. The van der Waals surface area contributed by atoms with Gasteiger partial charge >= 0.3 is 0 Å². The Morgan fingerprint density at radius 2 is 2.20 bits per heavy atom. The zero-order chi connectivity index (χ0) is 11.3. The van der Waals surface area contributed by atoms with Gasteiger partial charge in [0, 0.05) is 12.5 Å². The minimum Gasteiger partial charge on any atom is -0.303 e. The van der Waals surface area contributed by atoms with Crippen LogP contribution in [-0.2, 0) is 11.2 Å². The molecule has 5 heteroatoms. The summed E-state index contributed by atoms with van der Waals surface area (Å²) in [5.74, 6) is -0.588. The third-order valence-electron chi connectivity index (χ3n) is 2.02. The molecule has 1 aromatic carbocycles. The number of halogens is 1. The molecule has 0 aromatic heterocycles. The Balaban J connectivity index is 2.74. The third kappa shape index (κ3) is 3.12. The van der Waals surface area contributed by atoms with Gasteiger partial charge in [-0.05, 0) is 24.5 Å². The van der Waals surface area contributed by atoms with Gasteiger partial charge in [-0.25, -0.2) is 4.39 Å². The van der Waals surface area contributed by atoms with Crippen molar-refractivity contribution in [3.8, 4) is 0 Å². The van der Waals surface area contributed by atoms with E-state index in [1.54, 1.807) is 0 Å². The van der Waals surface area contributed by atoms with Crippen molar-refractivity contribution in [3.63, 3.8) is 0 Å². The number of nitro benzene ring substituents is 1. The average molecular weight is 211 g/mol. The number of carbonyl (C=O) groups is 1. The second-order valence-electron chi connectivity index (χ2n) is 3.09. The Morgan fingerprint density at radius 1 is 1.47 bits per heavy atom. The SMILES string of the molecule is O=CCCCc1ccc([N+](=O)[O-])cc1F. The summed E-state index contributed by atoms with van der Waals surface area (Å²) in [4.78, 5) is 19.7. The molecule has 0 spiro atoms. The van der Waals surface area contributed by atoms with Crippen molar-refractivity contribution in [2.24, 2.45) is 0 Å². The summed E-state index contributed by atoms with van der Waals surface area (Å²) < 4.78 is 13.2. The van der Waals surface area contributed by atoms with Gasteiger partial charge in [0.25, 0.3) is 5.69 Å². The average Bonchev–Trinajstić information content (AvgIpc) is 2.20. The number of rotatable bonds is 5. The molecule has 0 radical (unpaired) electrons. The van der Waals surface area contributed by atoms with Crippen LogP contribution in [0, 0.1) is 15.9 Å². The lowest BCUT2D eigenvalue weighted by Gasteiger charge is -2.00. The van der Waals surface area contributed by atoms with Crippen LogP contribution in [0.3, 0.4) is 0 Å². The zero-order valence-corrected chi connectivity index (χ0v) is 7.98. The fourth-order valence-electron chi connectivity index (χ4n) is 1.23. The first-order valence-electron chi connectivity index (χ1n) is 4.51. The van der Waals surface area contributed by atoms with Gasteiger partial charge in [0.05, 0.1) is 11.0 Å². The molecule has 0 saturated heterocycles. The number of hydrogen-bond acceptors (Lipinski definition) is 3. The standard InChI is InChI=1S/C10H10FNO3/c11-10-7-9(12(14)15)5-4-8(10)3-1-2-6-13/h4-7H,1-3H2. The highest BCUT2D eigenvalue weighted by atomic mass is 19.1. The van der Waals surface area contributed by atoms with Crippen LogP contribution < -0.4 is 0 Å². The molecule has 1 rings (SSSR count). The molecule has 0 N–H and O–H groups in total. The van der Waals surface area contributed by atoms with Crippen LogP contribution in [0.15, 0.2) is 18.2 Å². The van der Waals surface area contributed by atoms with Gasteiger partial charge in [0.1, 0.15) is 12.1 Å². The van der Waals surface area contributed by atoms with Crippen LogP contribution in [0.5, 0.6) is 0 Å². The van der Waals surface area contributed by atoms with Crippen molar-refractivity contribution in [3.05, 3.63) is 39.7 Å². The Kier molecular flexibility index (Phi) is 3.91. The summed E-state index contributed by atoms with van der Waals surface area (Å²) in [7, 11) is 0. The number of aldehydes is 1. The normalized spacial score (nSPS) is 9.93. The maximum atomic E-state index is 13.2. The predicted molar refractivity (Wildman–Crippen MR) is 52.1 cm³/mol. The fraction of sp³-hybridized carbons (Fsp3) is 0.300. The molecule has 0 heterocycles. The number of unbranched alkanes of at least 4 members (excludes halogenated alkanes) is 1. The van der Waals surface area contributed by atoms with E-state index in [0.717, 1.165) is 12.4 Å². The second kappa shape index (κ2) is 5.19. The highest BCUT2D eigenvalue weighted by Gasteiger charge is 2.09. The van der Waals surface area contributed by atoms with Crippen LogP contribution in [-0.4, -0.2) is 11.2 Å². The highest BCUT2D eigenvalue weighted by Crippen LogP contribution is 2.17. The molecule has 4 nitrogen and oxygen atoms in total. The maximum absolute atomic E-state index is 13.2. The van der Waals surface area contributed by atoms with E-state index < -0.39 is 10.7 Å². The summed E-state index contributed by atoms with van der Waals surface area (Å²) in [5, 5.41) is 10.3. The predicted octanol–water partition coefficient (Wildman–Crippen LogP) is 2.26. The number of nitro groups is 1. The van der Waals surface area contributed by atoms with E-state index in [-0.39, 0.29) is 5.69 Å². The summed E-state index contributed by atoms with van der Waals surface area (Å²) in [5.41, 5.74) is 0.147. The van der Waals surface area contributed by atoms with E-state index in [9.17, 15) is 19.3 Å². The van der Waals surface area contributed by atoms with Crippen molar-refractivity contribution < 1.29 is 14.1 Å². The van der Waals surface area contributed by atoms with Crippen LogP contribution in [0.2, 0.25) is 0 Å². The molecule has 0 unspecified atom stereocenters. The van der Waals surface area contributed by atoms with Gasteiger partial charge in [-0.3, -0.25) is 10.1 Å². The van der Waals surface area contributed by atoms with Crippen LogP contribution in [0.1, 0.15) is 18.4 Å². The molecule has 0 aliphatic carbocycles. The Bertz CT molecular complexity index is 379. The Labute approximate surface area is 85.9 Å². The minimum absolute atomic E-state index is 0.258. The first-order valence-corrected chi connectivity index (χ1v) is 4.51. The van der Waals surface area contributed by atoms with E-state index >= 15 is 0 Å². The van der Waals surface area contributed by atoms with E-state index in [0.29, 0.717) is 24.8 Å². The van der Waals surface area contributed by atoms with Gasteiger partial charge < -0.3 is 4.79 Å². The fourth-order valence-corrected chi connectivity index (χ4v) is 1.23. The third-order valence-corrected chi connectivity index (χ3v) is 2.02. The maximum Gasteiger partial charge on any atom is 0.272 e. The van der Waals surface area contributed by atoms with Gasteiger partial charge in [-0.1, -0.05) is 0 Å². The number of nitrogens with zero attached hydrogens (tertiary/aromatic N) is 1. The highest BCUT2D eigenvalue weighted by molar-refractivity contribution is 5.49. The molecular formula is C10H10FNO3. The first-order chi connectivity index (χ1) is 7.15. The minimum atomic E-state index is -0.641. The summed E-state index contributed by atoms with van der Waals surface area (Å²) in [6.07, 6.45) is 2.11. The van der Waals surface area contributed by atoms with Gasteiger partial charge in [0.2, 0.25) is 0 Å². The topological polar surface area (TPSA) is 60.2 Å². The van der Waals surface area contributed by atoms with E-state index in [1.165, 1.54) is 12.1 Å². The van der Waals surface area contributed by atoms with Crippen molar-refractivity contribution in [2.75, 3.05) is 0 Å². The summed E-state index contributed by atoms with van der Waals surface area (Å²) in [6.45, 7) is 0. The number of aryl methyl sites for hydroxylation is 1. The molecule has 0 amide bonds. The smallest absolute Gasteiger partial charge is 0.272 e. The largest absolute Gasteiger partial charge is 0.303 e. The molecule has 0 aliphatic heterocycles. The first kappa shape index (κ1) is 11.3.